The molecule has 1 saturated heterocycles. The first-order chi connectivity index (χ1) is 12.1. The largest absolute Gasteiger partial charge is 0.373 e. The molecule has 2 amide bonds. The third-order valence-electron chi connectivity index (χ3n) is 5.29. The molecule has 1 heterocycles. The van der Waals surface area contributed by atoms with E-state index in [4.69, 9.17) is 4.74 Å². The van der Waals surface area contributed by atoms with Crippen LogP contribution in [-0.4, -0.2) is 30.6 Å². The van der Waals surface area contributed by atoms with Gasteiger partial charge >= 0.3 is 0 Å². The van der Waals surface area contributed by atoms with Crippen molar-refractivity contribution in [1.29, 1.82) is 0 Å². The van der Waals surface area contributed by atoms with Crippen LogP contribution in [0.15, 0.2) is 24.3 Å². The van der Waals surface area contributed by atoms with Crippen LogP contribution in [0.3, 0.4) is 0 Å². The molecule has 1 aliphatic heterocycles. The lowest BCUT2D eigenvalue weighted by atomic mass is 9.88. The highest BCUT2D eigenvalue weighted by molar-refractivity contribution is 5.97. The lowest BCUT2D eigenvalue weighted by Gasteiger charge is -2.23. The molecule has 1 aliphatic carbocycles. The Kier molecular flexibility index (Phi) is 5.74. The van der Waals surface area contributed by atoms with Crippen molar-refractivity contribution < 1.29 is 14.3 Å². The molecule has 25 heavy (non-hydrogen) atoms. The number of benzene rings is 1. The molecule has 5 nitrogen and oxygen atoms in total. The van der Waals surface area contributed by atoms with Crippen LogP contribution in [0.4, 0.5) is 5.69 Å². The number of anilines is 1. The van der Waals surface area contributed by atoms with E-state index in [1.54, 1.807) is 18.2 Å². The van der Waals surface area contributed by atoms with Gasteiger partial charge < -0.3 is 15.4 Å². The topological polar surface area (TPSA) is 67.4 Å². The van der Waals surface area contributed by atoms with Crippen LogP contribution in [0.2, 0.25) is 0 Å². The first kappa shape index (κ1) is 17.9. The molecule has 1 aromatic carbocycles. The van der Waals surface area contributed by atoms with Gasteiger partial charge in [0.25, 0.3) is 5.91 Å². The van der Waals surface area contributed by atoms with Crippen molar-refractivity contribution in [1.82, 2.24) is 5.32 Å². The summed E-state index contributed by atoms with van der Waals surface area (Å²) in [6, 6.07) is 7.15. The number of hydrogen-bond acceptors (Lipinski definition) is 3. The summed E-state index contributed by atoms with van der Waals surface area (Å²) in [5.41, 5.74) is 0.984. The third kappa shape index (κ3) is 4.82. The maximum Gasteiger partial charge on any atom is 0.251 e. The zero-order chi connectivity index (χ0) is 17.7. The summed E-state index contributed by atoms with van der Waals surface area (Å²) >= 11 is 0. The summed E-state index contributed by atoms with van der Waals surface area (Å²) in [5, 5.41) is 5.92. The van der Waals surface area contributed by atoms with Gasteiger partial charge in [0.1, 0.15) is 0 Å². The van der Waals surface area contributed by atoms with Crippen LogP contribution in [0, 0.1) is 5.92 Å². The Balaban J connectivity index is 1.56. The first-order valence-electron chi connectivity index (χ1n) is 9.39. The average Bonchev–Trinajstić information content (AvgIpc) is 3.07. The van der Waals surface area contributed by atoms with E-state index in [1.165, 1.54) is 6.42 Å². The van der Waals surface area contributed by atoms with Crippen molar-refractivity contribution >= 4 is 17.5 Å². The summed E-state index contributed by atoms with van der Waals surface area (Å²) in [7, 11) is 0. The molecular formula is C20H28N2O3. The number of amides is 2. The molecular weight excluding hydrogens is 316 g/mol. The van der Waals surface area contributed by atoms with Crippen molar-refractivity contribution in [3.8, 4) is 0 Å². The van der Waals surface area contributed by atoms with Gasteiger partial charge in [0, 0.05) is 30.3 Å². The summed E-state index contributed by atoms with van der Waals surface area (Å²) in [6.07, 6.45) is 7.40. The minimum atomic E-state index is -0.261. The quantitative estimate of drug-likeness (QED) is 0.859. The number of rotatable bonds is 5. The van der Waals surface area contributed by atoms with Gasteiger partial charge in [0.2, 0.25) is 5.91 Å². The van der Waals surface area contributed by atoms with Crippen LogP contribution in [-0.2, 0) is 9.53 Å². The Morgan fingerprint density at radius 3 is 2.72 bits per heavy atom. The average molecular weight is 344 g/mol. The Labute approximate surface area is 149 Å². The molecule has 0 bridgehead atoms. The Morgan fingerprint density at radius 1 is 1.20 bits per heavy atom. The predicted molar refractivity (Wildman–Crippen MR) is 97.6 cm³/mol. The van der Waals surface area contributed by atoms with E-state index in [0.29, 0.717) is 17.8 Å². The summed E-state index contributed by atoms with van der Waals surface area (Å²) in [5.74, 6) is 0.0420. The minimum absolute atomic E-state index is 0.0733. The Hall–Kier alpha value is -1.88. The number of carbonyl (C=O) groups excluding carboxylic acids is 2. The Morgan fingerprint density at radius 2 is 2.00 bits per heavy atom. The molecule has 3 rings (SSSR count). The van der Waals surface area contributed by atoms with Gasteiger partial charge in [-0.1, -0.05) is 25.3 Å². The van der Waals surface area contributed by atoms with Crippen molar-refractivity contribution in [2.75, 3.05) is 18.5 Å². The van der Waals surface area contributed by atoms with E-state index in [-0.39, 0.29) is 23.3 Å². The zero-order valence-electron chi connectivity index (χ0n) is 15.0. The number of carbonyl (C=O) groups is 2. The molecule has 0 aromatic heterocycles. The lowest BCUT2D eigenvalue weighted by molar-refractivity contribution is -0.120. The first-order valence-corrected chi connectivity index (χ1v) is 9.39. The van der Waals surface area contributed by atoms with Gasteiger partial charge in [0.15, 0.2) is 0 Å². The third-order valence-corrected chi connectivity index (χ3v) is 5.29. The van der Waals surface area contributed by atoms with E-state index in [0.717, 1.165) is 45.1 Å². The number of nitrogens with one attached hydrogen (secondary N) is 2. The Bertz CT molecular complexity index is 617. The van der Waals surface area contributed by atoms with Crippen molar-refractivity contribution in [3.05, 3.63) is 29.8 Å². The second-order valence-electron chi connectivity index (χ2n) is 7.49. The monoisotopic (exact) mass is 344 g/mol. The second-order valence-corrected chi connectivity index (χ2v) is 7.49. The highest BCUT2D eigenvalue weighted by Crippen LogP contribution is 2.26. The molecule has 5 heteroatoms. The van der Waals surface area contributed by atoms with Gasteiger partial charge in [0.05, 0.1) is 5.60 Å². The highest BCUT2D eigenvalue weighted by atomic mass is 16.5. The van der Waals surface area contributed by atoms with Gasteiger partial charge in [-0.15, -0.1) is 0 Å². The van der Waals surface area contributed by atoms with Crippen LogP contribution in [0.1, 0.15) is 62.2 Å². The predicted octanol–water partition coefficient (Wildman–Crippen LogP) is 3.50. The van der Waals surface area contributed by atoms with Crippen molar-refractivity contribution in [2.45, 2.75) is 57.5 Å². The van der Waals surface area contributed by atoms with Gasteiger partial charge in [-0.2, -0.15) is 0 Å². The molecule has 0 radical (unpaired) electrons. The molecule has 2 fully saturated rings. The highest BCUT2D eigenvalue weighted by Gasteiger charge is 2.30. The van der Waals surface area contributed by atoms with E-state index >= 15 is 0 Å². The number of hydrogen-bond donors (Lipinski definition) is 2. The van der Waals surface area contributed by atoms with E-state index < -0.39 is 0 Å². The van der Waals surface area contributed by atoms with Crippen LogP contribution in [0.5, 0.6) is 0 Å². The molecule has 2 N–H and O–H groups in total. The maximum absolute atomic E-state index is 12.4. The maximum atomic E-state index is 12.4. The molecule has 1 saturated carbocycles. The fourth-order valence-corrected chi connectivity index (χ4v) is 3.69. The van der Waals surface area contributed by atoms with Crippen molar-refractivity contribution in [3.63, 3.8) is 0 Å². The van der Waals surface area contributed by atoms with Crippen LogP contribution >= 0.6 is 0 Å². The van der Waals surface area contributed by atoms with Crippen molar-refractivity contribution in [2.24, 2.45) is 5.92 Å². The van der Waals surface area contributed by atoms with E-state index in [2.05, 4.69) is 10.6 Å². The van der Waals surface area contributed by atoms with Gasteiger partial charge in [-0.3, -0.25) is 9.59 Å². The number of ether oxygens (including phenoxy) is 1. The van der Waals surface area contributed by atoms with E-state index in [9.17, 15) is 9.59 Å². The molecule has 1 atom stereocenters. The molecule has 136 valence electrons. The fourth-order valence-electron chi connectivity index (χ4n) is 3.69. The molecule has 1 aromatic rings. The standard InChI is InChI=1S/C20H28N2O3/c1-20(11-6-12-25-20)14-21-18(23)16-9-5-10-17(13-16)22-19(24)15-7-3-2-4-8-15/h5,9-10,13,15H,2-4,6-8,11-12,14H2,1H3,(H,21,23)(H,22,24)/t20-/m1/s1. The van der Waals surface area contributed by atoms with Gasteiger partial charge in [-0.25, -0.2) is 0 Å². The molecule has 0 spiro atoms. The second kappa shape index (κ2) is 8.00. The fraction of sp³-hybridized carbons (Fsp3) is 0.600. The van der Waals surface area contributed by atoms with Crippen LogP contribution < -0.4 is 10.6 Å². The smallest absolute Gasteiger partial charge is 0.251 e. The minimum Gasteiger partial charge on any atom is -0.373 e. The summed E-state index contributed by atoms with van der Waals surface area (Å²) in [6.45, 7) is 3.29. The zero-order valence-corrected chi connectivity index (χ0v) is 15.0. The van der Waals surface area contributed by atoms with Crippen LogP contribution in [0.25, 0.3) is 0 Å². The summed E-state index contributed by atoms with van der Waals surface area (Å²) in [4.78, 5) is 24.8. The lowest BCUT2D eigenvalue weighted by Crippen LogP contribution is -2.40. The van der Waals surface area contributed by atoms with E-state index in [1.807, 2.05) is 13.0 Å². The normalized spacial score (nSPS) is 24.0. The molecule has 2 aliphatic rings. The van der Waals surface area contributed by atoms with Gasteiger partial charge in [-0.05, 0) is 50.8 Å². The SMILES string of the molecule is C[C@]1(CNC(=O)c2cccc(NC(=O)C3CCCCC3)c2)CCCO1. The summed E-state index contributed by atoms with van der Waals surface area (Å²) < 4.78 is 5.70. The molecule has 0 unspecified atom stereocenters.